The number of hydrogen-bond acceptors (Lipinski definition) is 6. The average Bonchev–Trinajstić information content (AvgIpc) is 3.20. The van der Waals surface area contributed by atoms with Crippen LogP contribution in [-0.4, -0.2) is 74.6 Å². The van der Waals surface area contributed by atoms with Crippen molar-refractivity contribution in [2.75, 3.05) is 45.6 Å². The zero-order valence-electron chi connectivity index (χ0n) is 21.3. The van der Waals surface area contributed by atoms with Crippen LogP contribution in [0.1, 0.15) is 64.8 Å². The minimum absolute atomic E-state index is 0.129. The molecule has 2 aromatic rings. The van der Waals surface area contributed by atoms with Gasteiger partial charge in [-0.15, -0.1) is 11.3 Å². The molecule has 0 saturated heterocycles. The first-order valence-electron chi connectivity index (χ1n) is 12.1. The number of fused-ring (bicyclic) bond motifs is 1. The molecule has 1 aromatic heterocycles. The number of rotatable bonds is 10. The van der Waals surface area contributed by atoms with Crippen LogP contribution in [0.5, 0.6) is 0 Å². The lowest BCUT2D eigenvalue weighted by molar-refractivity contribution is 0.0827. The molecule has 0 radical (unpaired) electrons. The van der Waals surface area contributed by atoms with Crippen LogP contribution >= 0.6 is 11.3 Å². The molecule has 10 heteroatoms. The second-order valence-corrected chi connectivity index (χ2v) is 11.9. The number of amides is 2. The van der Waals surface area contributed by atoms with E-state index in [0.717, 1.165) is 49.3 Å². The highest BCUT2D eigenvalue weighted by molar-refractivity contribution is 7.89. The van der Waals surface area contributed by atoms with E-state index in [2.05, 4.69) is 17.1 Å². The molecule has 0 aliphatic carbocycles. The highest BCUT2D eigenvalue weighted by Crippen LogP contribution is 2.38. The van der Waals surface area contributed by atoms with Crippen molar-refractivity contribution in [2.45, 2.75) is 51.5 Å². The molecule has 1 aromatic carbocycles. The molecule has 0 spiro atoms. The van der Waals surface area contributed by atoms with Gasteiger partial charge in [0.1, 0.15) is 5.00 Å². The van der Waals surface area contributed by atoms with Crippen molar-refractivity contribution in [1.82, 2.24) is 14.1 Å². The minimum Gasteiger partial charge on any atom is -0.345 e. The summed E-state index contributed by atoms with van der Waals surface area (Å²) in [6, 6.07) is 6.00. The summed E-state index contributed by atoms with van der Waals surface area (Å²) in [6.07, 6.45) is 2.47. The molecule has 0 fully saturated rings. The van der Waals surface area contributed by atoms with Crippen molar-refractivity contribution < 1.29 is 18.0 Å². The molecule has 1 aliphatic heterocycles. The zero-order valence-corrected chi connectivity index (χ0v) is 22.9. The SMILES string of the molecule is CCCCN(CC)S(=O)(=O)c1ccc(C(=O)Nc2sc3c(c2C(=O)N(C)C)CCN(CC)C3)cc1. The number of anilines is 1. The van der Waals surface area contributed by atoms with Gasteiger partial charge in [0.25, 0.3) is 11.8 Å². The fraction of sp³-hybridized carbons (Fsp3) is 0.520. The summed E-state index contributed by atoms with van der Waals surface area (Å²) in [5.74, 6) is -0.498. The number of hydrogen-bond donors (Lipinski definition) is 1. The molecule has 2 heterocycles. The van der Waals surface area contributed by atoms with Crippen molar-refractivity contribution in [3.05, 3.63) is 45.8 Å². The van der Waals surface area contributed by atoms with Crippen LogP contribution in [0, 0.1) is 0 Å². The topological polar surface area (TPSA) is 90.0 Å². The van der Waals surface area contributed by atoms with Gasteiger partial charge in [0.2, 0.25) is 10.0 Å². The third-order valence-corrected chi connectivity index (χ3v) is 9.42. The Balaban J connectivity index is 1.85. The van der Waals surface area contributed by atoms with Crippen molar-refractivity contribution in [2.24, 2.45) is 0 Å². The Labute approximate surface area is 213 Å². The van der Waals surface area contributed by atoms with E-state index >= 15 is 0 Å². The van der Waals surface area contributed by atoms with Crippen LogP contribution in [0.15, 0.2) is 29.2 Å². The largest absolute Gasteiger partial charge is 0.345 e. The Hall–Kier alpha value is -2.27. The Bertz CT molecular complexity index is 1160. The van der Waals surface area contributed by atoms with E-state index in [9.17, 15) is 18.0 Å². The number of nitrogens with zero attached hydrogens (tertiary/aromatic N) is 3. The minimum atomic E-state index is -3.61. The summed E-state index contributed by atoms with van der Waals surface area (Å²) in [7, 11) is -0.200. The van der Waals surface area contributed by atoms with Crippen molar-refractivity contribution in [3.8, 4) is 0 Å². The van der Waals surface area contributed by atoms with E-state index in [1.165, 1.54) is 44.8 Å². The zero-order chi connectivity index (χ0) is 25.8. The monoisotopic (exact) mass is 520 g/mol. The summed E-state index contributed by atoms with van der Waals surface area (Å²) in [4.78, 5) is 31.2. The molecule has 0 atom stereocenters. The second kappa shape index (κ2) is 11.6. The number of carbonyl (C=O) groups excluding carboxylic acids is 2. The van der Waals surface area contributed by atoms with Gasteiger partial charge in [-0.25, -0.2) is 8.42 Å². The van der Waals surface area contributed by atoms with Gasteiger partial charge in [-0.2, -0.15) is 4.31 Å². The lowest BCUT2D eigenvalue weighted by atomic mass is 10.0. The van der Waals surface area contributed by atoms with Gasteiger partial charge >= 0.3 is 0 Å². The van der Waals surface area contributed by atoms with Crippen LogP contribution in [-0.2, 0) is 23.0 Å². The average molecular weight is 521 g/mol. The molecule has 3 rings (SSSR count). The van der Waals surface area contributed by atoms with E-state index in [4.69, 9.17) is 0 Å². The van der Waals surface area contributed by atoms with Gasteiger partial charge < -0.3 is 10.2 Å². The van der Waals surface area contributed by atoms with Crippen LogP contribution in [0.4, 0.5) is 5.00 Å². The van der Waals surface area contributed by atoms with Crippen LogP contribution in [0.2, 0.25) is 0 Å². The number of nitrogens with one attached hydrogen (secondary N) is 1. The lowest BCUT2D eigenvalue weighted by Gasteiger charge is -2.25. The number of thiophene rings is 1. The third-order valence-electron chi connectivity index (χ3n) is 6.30. The number of sulfonamides is 1. The van der Waals surface area contributed by atoms with E-state index in [-0.39, 0.29) is 16.7 Å². The first kappa shape index (κ1) is 27.3. The fourth-order valence-electron chi connectivity index (χ4n) is 4.15. The van der Waals surface area contributed by atoms with E-state index in [1.807, 2.05) is 13.8 Å². The lowest BCUT2D eigenvalue weighted by Crippen LogP contribution is -2.31. The molecular formula is C25H36N4O4S2. The Morgan fingerprint density at radius 3 is 2.37 bits per heavy atom. The Morgan fingerprint density at radius 2 is 1.80 bits per heavy atom. The normalized spacial score (nSPS) is 14.1. The predicted octanol–water partition coefficient (Wildman–Crippen LogP) is 3.89. The van der Waals surface area contributed by atoms with Crippen LogP contribution < -0.4 is 5.32 Å². The molecule has 0 saturated carbocycles. The Kier molecular flexibility index (Phi) is 9.09. The summed E-state index contributed by atoms with van der Waals surface area (Å²) in [5, 5.41) is 3.47. The number of unbranched alkanes of at least 4 members (excludes halogenated alkanes) is 1. The molecule has 2 amide bonds. The van der Waals surface area contributed by atoms with E-state index < -0.39 is 10.0 Å². The number of carbonyl (C=O) groups is 2. The quantitative estimate of drug-likeness (QED) is 0.513. The molecule has 192 valence electrons. The first-order chi connectivity index (χ1) is 16.6. The number of benzene rings is 1. The summed E-state index contributed by atoms with van der Waals surface area (Å²) in [6.45, 7) is 9.39. The van der Waals surface area contributed by atoms with Crippen LogP contribution in [0.3, 0.4) is 0 Å². The van der Waals surface area contributed by atoms with Crippen molar-refractivity contribution in [3.63, 3.8) is 0 Å². The van der Waals surface area contributed by atoms with Gasteiger partial charge in [0, 0.05) is 50.7 Å². The summed E-state index contributed by atoms with van der Waals surface area (Å²) < 4.78 is 27.4. The van der Waals surface area contributed by atoms with Gasteiger partial charge in [-0.05, 0) is 49.2 Å². The second-order valence-electron chi connectivity index (χ2n) is 8.86. The predicted molar refractivity (Wildman–Crippen MR) is 141 cm³/mol. The van der Waals surface area contributed by atoms with Gasteiger partial charge in [0.15, 0.2) is 0 Å². The highest BCUT2D eigenvalue weighted by atomic mass is 32.2. The standard InChI is InChI=1S/C25H36N4O4S2/c1-6-9-15-29(8-3)35(32,33)19-12-10-18(11-13-19)23(30)26-24-22(25(31)27(4)5)20-14-16-28(7-2)17-21(20)34-24/h10-13H,6-9,14-17H2,1-5H3,(H,26,30). The molecule has 35 heavy (non-hydrogen) atoms. The van der Waals surface area contributed by atoms with Crippen molar-refractivity contribution in [1.29, 1.82) is 0 Å². The molecule has 8 nitrogen and oxygen atoms in total. The van der Waals surface area contributed by atoms with Gasteiger partial charge in [-0.3, -0.25) is 14.5 Å². The van der Waals surface area contributed by atoms with Gasteiger partial charge in [-0.1, -0.05) is 27.2 Å². The van der Waals surface area contributed by atoms with Gasteiger partial charge in [0.05, 0.1) is 10.5 Å². The van der Waals surface area contributed by atoms with Crippen molar-refractivity contribution >= 4 is 38.2 Å². The summed E-state index contributed by atoms with van der Waals surface area (Å²) >= 11 is 1.45. The fourth-order valence-corrected chi connectivity index (χ4v) is 6.91. The molecular weight excluding hydrogens is 484 g/mol. The third kappa shape index (κ3) is 5.94. The summed E-state index contributed by atoms with van der Waals surface area (Å²) in [5.41, 5.74) is 1.92. The molecule has 0 unspecified atom stereocenters. The molecule has 1 aliphatic rings. The van der Waals surface area contributed by atoms with E-state index in [1.54, 1.807) is 14.1 Å². The maximum atomic E-state index is 13.1. The first-order valence-corrected chi connectivity index (χ1v) is 14.4. The molecule has 1 N–H and O–H groups in total. The maximum Gasteiger partial charge on any atom is 0.256 e. The van der Waals surface area contributed by atoms with Crippen LogP contribution in [0.25, 0.3) is 0 Å². The molecule has 0 bridgehead atoms. The Morgan fingerprint density at radius 1 is 1.11 bits per heavy atom. The van der Waals surface area contributed by atoms with E-state index in [0.29, 0.717) is 29.2 Å². The maximum absolute atomic E-state index is 13.1. The number of likely N-dealkylation sites (N-methyl/N-ethyl adjacent to an activating group) is 1. The highest BCUT2D eigenvalue weighted by Gasteiger charge is 2.29. The smallest absolute Gasteiger partial charge is 0.256 e.